The fraction of sp³-hybridized carbons (Fsp3) is 0.333. The Morgan fingerprint density at radius 1 is 1.22 bits per heavy atom. The first-order valence-corrected chi connectivity index (χ1v) is 7.69. The number of benzene rings is 2. The Morgan fingerprint density at radius 3 is 2.78 bits per heavy atom. The van der Waals surface area contributed by atoms with E-state index in [1.807, 2.05) is 30.3 Å². The lowest BCUT2D eigenvalue weighted by atomic mass is 9.99. The van der Waals surface area contributed by atoms with Gasteiger partial charge in [0.1, 0.15) is 23.8 Å². The van der Waals surface area contributed by atoms with E-state index in [-0.39, 0.29) is 18.9 Å². The minimum atomic E-state index is -0.943. The van der Waals surface area contributed by atoms with Gasteiger partial charge in [0.25, 0.3) is 0 Å². The molecule has 2 atom stereocenters. The summed E-state index contributed by atoms with van der Waals surface area (Å²) in [6.45, 7) is -0.0114. The maximum Gasteiger partial charge on any atom is 0.126 e. The summed E-state index contributed by atoms with van der Waals surface area (Å²) in [5, 5.41) is 10.8. The summed E-state index contributed by atoms with van der Waals surface area (Å²) in [6, 6.07) is 13.6. The Bertz CT molecular complexity index is 651. The van der Waals surface area contributed by atoms with Gasteiger partial charge < -0.3 is 9.84 Å². The zero-order chi connectivity index (χ0) is 16.2. The molecule has 0 aromatic heterocycles. The number of hydrogen-bond acceptors (Lipinski definition) is 3. The van der Waals surface area contributed by atoms with E-state index in [2.05, 4.69) is 0 Å². The van der Waals surface area contributed by atoms with Crippen molar-refractivity contribution in [3.63, 3.8) is 0 Å². The summed E-state index contributed by atoms with van der Waals surface area (Å²) in [7, 11) is 0. The normalized spacial score (nSPS) is 18.3. The molecule has 23 heavy (non-hydrogen) atoms. The molecule has 0 aliphatic carbocycles. The first-order chi connectivity index (χ1) is 11.1. The van der Waals surface area contributed by atoms with Crippen molar-refractivity contribution in [2.24, 2.45) is 0 Å². The van der Waals surface area contributed by atoms with Crippen molar-refractivity contribution in [3.05, 3.63) is 65.5 Å². The van der Waals surface area contributed by atoms with Crippen molar-refractivity contribution in [1.29, 1.82) is 0 Å². The number of aliphatic hydroxyl groups is 1. The number of nitrogens with zero attached hydrogens (tertiary/aromatic N) is 1. The van der Waals surface area contributed by atoms with E-state index in [1.54, 1.807) is 6.07 Å². The first kappa shape index (κ1) is 15.9. The number of halogens is 2. The second kappa shape index (κ2) is 7.06. The molecule has 3 rings (SSSR count). The lowest BCUT2D eigenvalue weighted by Gasteiger charge is -2.30. The lowest BCUT2D eigenvalue weighted by Crippen LogP contribution is -2.41. The Labute approximate surface area is 134 Å². The maximum absolute atomic E-state index is 14.0. The highest BCUT2D eigenvalue weighted by molar-refractivity contribution is 5.36. The average Bonchev–Trinajstić information content (AvgIpc) is 2.55. The third-order valence-corrected chi connectivity index (χ3v) is 4.01. The van der Waals surface area contributed by atoms with Crippen LogP contribution in [0.4, 0.5) is 8.87 Å². The number of aliphatic hydroxyl groups excluding tert-OH is 1. The van der Waals surface area contributed by atoms with Crippen molar-refractivity contribution in [1.82, 2.24) is 5.12 Å². The largest absolute Gasteiger partial charge is 0.487 e. The summed E-state index contributed by atoms with van der Waals surface area (Å²) < 4.78 is 32.9. The summed E-state index contributed by atoms with van der Waals surface area (Å²) in [5.74, 6) is 0.263. The molecule has 2 aromatic rings. The predicted octanol–water partition coefficient (Wildman–Crippen LogP) is 3.27. The molecule has 0 radical (unpaired) electrons. The van der Waals surface area contributed by atoms with E-state index in [9.17, 15) is 14.0 Å². The monoisotopic (exact) mass is 319 g/mol. The SMILES string of the molecule is O[C@H](CN(F)Cc1ccccc1)[C@@H]1CCc2cc(F)ccc2O1. The van der Waals surface area contributed by atoms with Crippen LogP contribution in [0.1, 0.15) is 17.5 Å². The number of ether oxygens (including phenoxy) is 1. The topological polar surface area (TPSA) is 32.7 Å². The standard InChI is InChI=1S/C18H19F2NO2/c19-15-7-9-17-14(10-15)6-8-18(23-17)16(22)12-21(20)11-13-4-2-1-3-5-13/h1-5,7,9-10,16,18,22H,6,8,11-12H2/t16-,18+/m1/s1. The predicted molar refractivity (Wildman–Crippen MR) is 83.1 cm³/mol. The molecule has 1 heterocycles. The van der Waals surface area contributed by atoms with Crippen LogP contribution in [0, 0.1) is 5.82 Å². The van der Waals surface area contributed by atoms with E-state index < -0.39 is 12.2 Å². The van der Waals surface area contributed by atoms with Gasteiger partial charge >= 0.3 is 0 Å². The molecule has 1 N–H and O–H groups in total. The Kier molecular flexibility index (Phi) is 4.88. The maximum atomic E-state index is 14.0. The Morgan fingerprint density at radius 2 is 2.00 bits per heavy atom. The summed E-state index contributed by atoms with van der Waals surface area (Å²) in [6.07, 6.45) is -0.278. The van der Waals surface area contributed by atoms with Crippen molar-refractivity contribution in [3.8, 4) is 5.75 Å². The number of hydrogen-bond donors (Lipinski definition) is 1. The molecule has 0 saturated carbocycles. The molecule has 2 aromatic carbocycles. The van der Waals surface area contributed by atoms with Gasteiger partial charge in [-0.2, -0.15) is 0 Å². The van der Waals surface area contributed by atoms with Crippen molar-refractivity contribution >= 4 is 0 Å². The second-order valence-corrected chi connectivity index (χ2v) is 5.80. The van der Waals surface area contributed by atoms with Crippen LogP contribution in [0.25, 0.3) is 0 Å². The molecule has 1 aliphatic rings. The van der Waals surface area contributed by atoms with Gasteiger partial charge in [0.2, 0.25) is 0 Å². The van der Waals surface area contributed by atoms with Crippen LogP contribution in [0.15, 0.2) is 48.5 Å². The molecule has 122 valence electrons. The van der Waals surface area contributed by atoms with Gasteiger partial charge in [0.15, 0.2) is 0 Å². The van der Waals surface area contributed by atoms with Gasteiger partial charge in [-0.15, -0.1) is 9.60 Å². The van der Waals surface area contributed by atoms with Gasteiger partial charge in [-0.25, -0.2) is 4.39 Å². The smallest absolute Gasteiger partial charge is 0.126 e. The molecule has 5 heteroatoms. The summed E-state index contributed by atoms with van der Waals surface area (Å²) >= 11 is 0. The van der Waals surface area contributed by atoms with Crippen LogP contribution >= 0.6 is 0 Å². The number of rotatable bonds is 5. The first-order valence-electron chi connectivity index (χ1n) is 7.69. The molecule has 0 bridgehead atoms. The zero-order valence-electron chi connectivity index (χ0n) is 12.7. The van der Waals surface area contributed by atoms with Crippen molar-refractivity contribution < 1.29 is 18.7 Å². The molecule has 0 fully saturated rings. The number of fused-ring (bicyclic) bond motifs is 1. The highest BCUT2D eigenvalue weighted by atomic mass is 19.2. The van der Waals surface area contributed by atoms with E-state index in [0.29, 0.717) is 23.7 Å². The van der Waals surface area contributed by atoms with E-state index >= 15 is 0 Å². The molecular weight excluding hydrogens is 300 g/mol. The lowest BCUT2D eigenvalue weighted by molar-refractivity contribution is -0.0625. The van der Waals surface area contributed by atoms with Gasteiger partial charge in [-0.3, -0.25) is 0 Å². The molecule has 3 nitrogen and oxygen atoms in total. The van der Waals surface area contributed by atoms with Crippen LogP contribution in [0.3, 0.4) is 0 Å². The molecule has 0 amide bonds. The fourth-order valence-corrected chi connectivity index (χ4v) is 2.82. The van der Waals surface area contributed by atoms with E-state index in [4.69, 9.17) is 4.74 Å². The van der Waals surface area contributed by atoms with Crippen LogP contribution in [-0.2, 0) is 13.0 Å². The van der Waals surface area contributed by atoms with Crippen LogP contribution in [0.2, 0.25) is 0 Å². The van der Waals surface area contributed by atoms with E-state index in [0.717, 1.165) is 11.1 Å². The molecule has 0 spiro atoms. The third-order valence-electron chi connectivity index (χ3n) is 4.01. The zero-order valence-corrected chi connectivity index (χ0v) is 12.7. The Hall–Kier alpha value is -1.98. The molecule has 0 saturated heterocycles. The second-order valence-electron chi connectivity index (χ2n) is 5.80. The van der Waals surface area contributed by atoms with Gasteiger partial charge in [-0.05, 0) is 42.2 Å². The highest BCUT2D eigenvalue weighted by Crippen LogP contribution is 2.29. The summed E-state index contributed by atoms with van der Waals surface area (Å²) in [5.41, 5.74) is 1.63. The highest BCUT2D eigenvalue weighted by Gasteiger charge is 2.28. The summed E-state index contributed by atoms with van der Waals surface area (Å²) in [4.78, 5) is 0. The van der Waals surface area contributed by atoms with Gasteiger partial charge in [0.05, 0.1) is 13.1 Å². The minimum absolute atomic E-state index is 0.117. The van der Waals surface area contributed by atoms with Crippen LogP contribution < -0.4 is 4.74 Å². The average molecular weight is 319 g/mol. The quantitative estimate of drug-likeness (QED) is 0.859. The number of aryl methyl sites for hydroxylation is 1. The van der Waals surface area contributed by atoms with Crippen molar-refractivity contribution in [2.45, 2.75) is 31.6 Å². The Balaban J connectivity index is 1.56. The van der Waals surface area contributed by atoms with Crippen molar-refractivity contribution in [2.75, 3.05) is 6.54 Å². The fourth-order valence-electron chi connectivity index (χ4n) is 2.82. The molecule has 1 aliphatic heterocycles. The molecule has 0 unspecified atom stereocenters. The minimum Gasteiger partial charge on any atom is -0.487 e. The molecular formula is C18H19F2NO2. The van der Waals surface area contributed by atoms with Gasteiger partial charge in [0, 0.05) is 0 Å². The van der Waals surface area contributed by atoms with Crippen LogP contribution in [0.5, 0.6) is 5.75 Å². The van der Waals surface area contributed by atoms with Crippen LogP contribution in [-0.4, -0.2) is 29.0 Å². The third kappa shape index (κ3) is 4.06. The van der Waals surface area contributed by atoms with E-state index in [1.165, 1.54) is 12.1 Å². The van der Waals surface area contributed by atoms with Gasteiger partial charge in [-0.1, -0.05) is 30.3 Å².